The van der Waals surface area contributed by atoms with Crippen LogP contribution in [0.15, 0.2) is 24.3 Å². The van der Waals surface area contributed by atoms with Crippen molar-refractivity contribution in [2.24, 2.45) is 5.41 Å². The van der Waals surface area contributed by atoms with Crippen molar-refractivity contribution in [2.45, 2.75) is 33.1 Å². The van der Waals surface area contributed by atoms with Crippen molar-refractivity contribution >= 4 is 5.69 Å². The summed E-state index contributed by atoms with van der Waals surface area (Å²) in [6, 6.07) is 8.07. The van der Waals surface area contributed by atoms with E-state index >= 15 is 0 Å². The summed E-state index contributed by atoms with van der Waals surface area (Å²) in [4.78, 5) is 0. The zero-order valence-electron chi connectivity index (χ0n) is 11.4. The molecule has 0 amide bonds. The second kappa shape index (κ2) is 6.51. The minimum atomic E-state index is -4.71. The number of nitriles is 1. The highest BCUT2D eigenvalue weighted by Crippen LogP contribution is 2.30. The van der Waals surface area contributed by atoms with Crippen LogP contribution < -0.4 is 10.1 Å². The van der Waals surface area contributed by atoms with Crippen LogP contribution in [-0.4, -0.2) is 12.9 Å². The van der Waals surface area contributed by atoms with Crippen LogP contribution in [0.4, 0.5) is 18.9 Å². The third kappa shape index (κ3) is 5.83. The Morgan fingerprint density at radius 1 is 1.25 bits per heavy atom. The first-order chi connectivity index (χ1) is 9.23. The maximum absolute atomic E-state index is 12.2. The molecule has 0 fully saturated rings. The summed E-state index contributed by atoms with van der Waals surface area (Å²) in [6.45, 7) is 4.13. The maximum atomic E-state index is 12.2. The van der Waals surface area contributed by atoms with Crippen molar-refractivity contribution in [1.82, 2.24) is 0 Å². The fourth-order valence-corrected chi connectivity index (χ4v) is 1.64. The zero-order valence-corrected chi connectivity index (χ0v) is 11.4. The van der Waals surface area contributed by atoms with E-state index in [4.69, 9.17) is 5.26 Å². The lowest BCUT2D eigenvalue weighted by molar-refractivity contribution is -0.274. The summed E-state index contributed by atoms with van der Waals surface area (Å²) in [5, 5.41) is 11.8. The molecule has 3 nitrogen and oxygen atoms in total. The number of benzene rings is 1. The van der Waals surface area contributed by atoms with Gasteiger partial charge in [0.15, 0.2) is 5.75 Å². The lowest BCUT2D eigenvalue weighted by Crippen LogP contribution is -2.18. The Hall–Kier alpha value is -1.90. The zero-order chi connectivity index (χ0) is 15.2. The van der Waals surface area contributed by atoms with E-state index in [1.54, 1.807) is 6.07 Å². The van der Waals surface area contributed by atoms with E-state index in [9.17, 15) is 13.2 Å². The molecule has 0 saturated carbocycles. The molecule has 0 saturated heterocycles. The van der Waals surface area contributed by atoms with Crippen LogP contribution in [0.5, 0.6) is 5.75 Å². The molecule has 0 heterocycles. The van der Waals surface area contributed by atoms with Crippen LogP contribution in [-0.2, 0) is 0 Å². The molecule has 0 aliphatic carbocycles. The van der Waals surface area contributed by atoms with Crippen molar-refractivity contribution in [3.63, 3.8) is 0 Å². The van der Waals surface area contributed by atoms with Gasteiger partial charge >= 0.3 is 6.36 Å². The summed E-state index contributed by atoms with van der Waals surface area (Å²) in [5.41, 5.74) is -0.136. The SMILES string of the molecule is CC(C)(C#N)CCCNc1ccccc1OC(F)(F)F. The molecule has 1 aromatic carbocycles. The van der Waals surface area contributed by atoms with Crippen LogP contribution in [0.3, 0.4) is 0 Å². The lowest BCUT2D eigenvalue weighted by atomic mass is 9.90. The average Bonchev–Trinajstić information content (AvgIpc) is 2.35. The monoisotopic (exact) mass is 286 g/mol. The fourth-order valence-electron chi connectivity index (χ4n) is 1.64. The number of hydrogen-bond acceptors (Lipinski definition) is 3. The molecule has 6 heteroatoms. The smallest absolute Gasteiger partial charge is 0.404 e. The van der Waals surface area contributed by atoms with E-state index in [0.29, 0.717) is 25.1 Å². The Morgan fingerprint density at radius 3 is 2.50 bits per heavy atom. The fraction of sp³-hybridized carbons (Fsp3) is 0.500. The molecule has 1 aromatic rings. The molecule has 0 unspecified atom stereocenters. The number of nitrogens with one attached hydrogen (secondary N) is 1. The van der Waals surface area contributed by atoms with E-state index in [1.807, 2.05) is 13.8 Å². The first kappa shape index (κ1) is 16.2. The van der Waals surface area contributed by atoms with Crippen molar-refractivity contribution in [3.05, 3.63) is 24.3 Å². The van der Waals surface area contributed by atoms with Gasteiger partial charge in [0.1, 0.15) is 0 Å². The topological polar surface area (TPSA) is 45.0 Å². The minimum Gasteiger partial charge on any atom is -0.404 e. The van der Waals surface area contributed by atoms with Gasteiger partial charge in [0.05, 0.1) is 17.2 Å². The van der Waals surface area contributed by atoms with Crippen molar-refractivity contribution in [2.75, 3.05) is 11.9 Å². The number of anilines is 1. The van der Waals surface area contributed by atoms with Crippen LogP contribution in [0.2, 0.25) is 0 Å². The van der Waals surface area contributed by atoms with Crippen molar-refractivity contribution < 1.29 is 17.9 Å². The number of para-hydroxylation sites is 2. The second-order valence-corrected chi connectivity index (χ2v) is 5.07. The molecule has 1 N–H and O–H groups in total. The number of nitrogens with zero attached hydrogens (tertiary/aromatic N) is 1. The maximum Gasteiger partial charge on any atom is 0.573 e. The summed E-state index contributed by atoms with van der Waals surface area (Å²) < 4.78 is 40.6. The van der Waals surface area contributed by atoms with Crippen LogP contribution in [0, 0.1) is 16.7 Å². The van der Waals surface area contributed by atoms with E-state index in [-0.39, 0.29) is 5.75 Å². The Labute approximate surface area is 116 Å². The van der Waals surface area contributed by atoms with Crippen LogP contribution in [0.25, 0.3) is 0 Å². The predicted octanol–water partition coefficient (Wildman–Crippen LogP) is 4.33. The van der Waals surface area contributed by atoms with Gasteiger partial charge in [-0.3, -0.25) is 0 Å². The van der Waals surface area contributed by atoms with Gasteiger partial charge in [0, 0.05) is 6.54 Å². The third-order valence-corrected chi connectivity index (χ3v) is 2.71. The Bertz CT molecular complexity index is 478. The number of hydrogen-bond donors (Lipinski definition) is 1. The number of alkyl halides is 3. The molecular weight excluding hydrogens is 269 g/mol. The lowest BCUT2D eigenvalue weighted by Gasteiger charge is -2.17. The van der Waals surface area contributed by atoms with Gasteiger partial charge in [-0.25, -0.2) is 0 Å². The summed E-state index contributed by atoms with van der Waals surface area (Å²) in [6.07, 6.45) is -3.36. The quantitative estimate of drug-likeness (QED) is 0.792. The predicted molar refractivity (Wildman–Crippen MR) is 70.2 cm³/mol. The molecular formula is C14H17F3N2O. The van der Waals surface area contributed by atoms with E-state index < -0.39 is 11.8 Å². The number of rotatable bonds is 6. The number of halogens is 3. The van der Waals surface area contributed by atoms with Crippen LogP contribution in [0.1, 0.15) is 26.7 Å². The summed E-state index contributed by atoms with van der Waals surface area (Å²) in [7, 11) is 0. The molecule has 0 atom stereocenters. The first-order valence-corrected chi connectivity index (χ1v) is 6.23. The largest absolute Gasteiger partial charge is 0.573 e. The first-order valence-electron chi connectivity index (χ1n) is 6.23. The van der Waals surface area contributed by atoms with E-state index in [2.05, 4.69) is 16.1 Å². The van der Waals surface area contributed by atoms with Gasteiger partial charge in [-0.05, 0) is 38.8 Å². The normalized spacial score (nSPS) is 11.8. The molecule has 20 heavy (non-hydrogen) atoms. The number of ether oxygens (including phenoxy) is 1. The highest BCUT2D eigenvalue weighted by atomic mass is 19.4. The highest BCUT2D eigenvalue weighted by Gasteiger charge is 2.32. The van der Waals surface area contributed by atoms with E-state index in [0.717, 1.165) is 0 Å². The Morgan fingerprint density at radius 2 is 1.90 bits per heavy atom. The van der Waals surface area contributed by atoms with Gasteiger partial charge in [-0.15, -0.1) is 13.2 Å². The molecule has 0 aromatic heterocycles. The van der Waals surface area contributed by atoms with E-state index in [1.165, 1.54) is 18.2 Å². The molecule has 110 valence electrons. The molecule has 0 spiro atoms. The molecule has 0 bridgehead atoms. The third-order valence-electron chi connectivity index (χ3n) is 2.71. The summed E-state index contributed by atoms with van der Waals surface area (Å²) in [5.74, 6) is -0.250. The van der Waals surface area contributed by atoms with Gasteiger partial charge in [-0.1, -0.05) is 12.1 Å². The molecule has 0 aliphatic heterocycles. The molecule has 0 aliphatic rings. The standard InChI is InChI=1S/C14H17F3N2O/c1-13(2,10-18)8-5-9-19-11-6-3-4-7-12(11)20-14(15,16)17/h3-4,6-7,19H,5,8-9H2,1-2H3. The summed E-state index contributed by atoms with van der Waals surface area (Å²) >= 11 is 0. The highest BCUT2D eigenvalue weighted by molar-refractivity contribution is 5.56. The van der Waals surface area contributed by atoms with Crippen molar-refractivity contribution in [3.8, 4) is 11.8 Å². The van der Waals surface area contributed by atoms with Crippen molar-refractivity contribution in [1.29, 1.82) is 5.26 Å². The second-order valence-electron chi connectivity index (χ2n) is 5.07. The average molecular weight is 286 g/mol. The molecule has 1 rings (SSSR count). The van der Waals surface area contributed by atoms with Crippen LogP contribution >= 0.6 is 0 Å². The Kier molecular flexibility index (Phi) is 5.26. The van der Waals surface area contributed by atoms with Gasteiger partial charge in [-0.2, -0.15) is 5.26 Å². The minimum absolute atomic E-state index is 0.250. The molecule has 0 radical (unpaired) electrons. The van der Waals surface area contributed by atoms with Gasteiger partial charge in [0.2, 0.25) is 0 Å². The Balaban J connectivity index is 2.55. The van der Waals surface area contributed by atoms with Gasteiger partial charge < -0.3 is 10.1 Å². The van der Waals surface area contributed by atoms with Gasteiger partial charge in [0.25, 0.3) is 0 Å².